The molecule has 17 heavy (non-hydrogen) atoms. The van der Waals surface area contributed by atoms with Gasteiger partial charge in [-0.25, -0.2) is 4.79 Å². The second-order valence-electron chi connectivity index (χ2n) is 3.56. The van der Waals surface area contributed by atoms with Gasteiger partial charge in [-0.3, -0.25) is 4.79 Å². The van der Waals surface area contributed by atoms with Crippen molar-refractivity contribution in [3.8, 4) is 0 Å². The number of ether oxygens (including phenoxy) is 1. The Hall–Kier alpha value is -2.14. The third-order valence-electron chi connectivity index (χ3n) is 2.50. The normalized spacial score (nSPS) is 18.6. The molecule has 5 nitrogen and oxygen atoms in total. The molecule has 1 aliphatic rings. The van der Waals surface area contributed by atoms with Crippen LogP contribution in [0.2, 0.25) is 0 Å². The molecule has 0 radical (unpaired) electrons. The number of carbonyl (C=O) groups excluding carboxylic acids is 2. The van der Waals surface area contributed by atoms with E-state index in [0.29, 0.717) is 11.1 Å². The minimum absolute atomic E-state index is 0.0544. The summed E-state index contributed by atoms with van der Waals surface area (Å²) in [6, 6.07) is 6.62. The Morgan fingerprint density at radius 2 is 2.12 bits per heavy atom. The number of aliphatic hydroxyl groups is 1. The maximum absolute atomic E-state index is 11.8. The van der Waals surface area contributed by atoms with Crippen LogP contribution in [0.1, 0.15) is 22.0 Å². The first-order chi connectivity index (χ1) is 8.13. The van der Waals surface area contributed by atoms with Gasteiger partial charge in [-0.15, -0.1) is 0 Å². The monoisotopic (exact) mass is 233 g/mol. The average molecular weight is 233 g/mol. The molecule has 0 saturated heterocycles. The van der Waals surface area contributed by atoms with E-state index in [2.05, 4.69) is 10.1 Å². The van der Waals surface area contributed by atoms with Gasteiger partial charge < -0.3 is 15.2 Å². The van der Waals surface area contributed by atoms with Gasteiger partial charge in [0, 0.05) is 5.56 Å². The van der Waals surface area contributed by atoms with E-state index < -0.39 is 18.0 Å². The highest BCUT2D eigenvalue weighted by atomic mass is 16.5. The van der Waals surface area contributed by atoms with Crippen LogP contribution >= 0.6 is 0 Å². The lowest BCUT2D eigenvalue weighted by Crippen LogP contribution is -2.27. The molecular weight excluding hydrogens is 222 g/mol. The molecule has 1 aliphatic heterocycles. The predicted octanol–water partition coefficient (Wildman–Crippen LogP) is 0.520. The highest BCUT2D eigenvalue weighted by Crippen LogP contribution is 2.23. The lowest BCUT2D eigenvalue weighted by atomic mass is 10.0. The quantitative estimate of drug-likeness (QED) is 0.693. The summed E-state index contributed by atoms with van der Waals surface area (Å²) in [6.07, 6.45) is 0.245. The average Bonchev–Trinajstić information content (AvgIpc) is 2.48. The third-order valence-corrected chi connectivity index (χ3v) is 2.50. The molecule has 1 amide bonds. The van der Waals surface area contributed by atoms with Gasteiger partial charge in [-0.1, -0.05) is 18.2 Å². The van der Waals surface area contributed by atoms with Crippen LogP contribution in [0, 0.1) is 0 Å². The minimum Gasteiger partial charge on any atom is -0.464 e. The van der Waals surface area contributed by atoms with E-state index in [1.807, 2.05) is 0 Å². The predicted molar refractivity (Wildman–Crippen MR) is 59.0 cm³/mol. The lowest BCUT2D eigenvalue weighted by molar-refractivity contribution is -0.136. The molecule has 0 bridgehead atoms. The number of amides is 1. The van der Waals surface area contributed by atoms with Crippen molar-refractivity contribution in [2.24, 2.45) is 0 Å². The molecule has 1 aromatic rings. The molecule has 0 aromatic heterocycles. The lowest BCUT2D eigenvalue weighted by Gasteiger charge is -2.07. The van der Waals surface area contributed by atoms with Crippen LogP contribution in [-0.4, -0.2) is 24.1 Å². The molecule has 0 aliphatic carbocycles. The molecule has 1 unspecified atom stereocenters. The van der Waals surface area contributed by atoms with E-state index in [1.165, 1.54) is 13.2 Å². The zero-order valence-electron chi connectivity index (χ0n) is 9.14. The van der Waals surface area contributed by atoms with E-state index in [1.54, 1.807) is 24.3 Å². The first-order valence-corrected chi connectivity index (χ1v) is 5.02. The second kappa shape index (κ2) is 4.39. The largest absolute Gasteiger partial charge is 0.464 e. The molecule has 5 heteroatoms. The summed E-state index contributed by atoms with van der Waals surface area (Å²) in [5.74, 6) is -1.13. The second-order valence-corrected chi connectivity index (χ2v) is 3.56. The van der Waals surface area contributed by atoms with Gasteiger partial charge in [0.15, 0.2) is 0 Å². The van der Waals surface area contributed by atoms with Gasteiger partial charge in [0.25, 0.3) is 5.91 Å². The van der Waals surface area contributed by atoms with Crippen molar-refractivity contribution >= 4 is 11.9 Å². The van der Waals surface area contributed by atoms with Crippen LogP contribution in [0.4, 0.5) is 0 Å². The summed E-state index contributed by atoms with van der Waals surface area (Å²) >= 11 is 0. The number of hydrogen-bond donors (Lipinski definition) is 2. The van der Waals surface area contributed by atoms with E-state index >= 15 is 0 Å². The number of carbonyl (C=O) groups is 2. The highest BCUT2D eigenvalue weighted by Gasteiger charge is 2.24. The van der Waals surface area contributed by atoms with E-state index in [0.717, 1.165) is 0 Å². The number of benzene rings is 1. The summed E-state index contributed by atoms with van der Waals surface area (Å²) < 4.78 is 4.51. The number of aliphatic hydroxyl groups excluding tert-OH is 1. The van der Waals surface area contributed by atoms with Crippen molar-refractivity contribution in [1.29, 1.82) is 0 Å². The van der Waals surface area contributed by atoms with E-state index in [9.17, 15) is 14.7 Å². The SMILES string of the molecule is COC(=O)C1=CC(O)c2ccccc2C(=O)N1. The fourth-order valence-electron chi connectivity index (χ4n) is 1.67. The Bertz CT molecular complexity index is 507. The Morgan fingerprint density at radius 3 is 2.82 bits per heavy atom. The topological polar surface area (TPSA) is 75.6 Å². The van der Waals surface area contributed by atoms with Crippen LogP contribution in [0.15, 0.2) is 36.0 Å². The minimum atomic E-state index is -1.01. The molecule has 1 atom stereocenters. The van der Waals surface area contributed by atoms with Crippen molar-refractivity contribution in [2.75, 3.05) is 7.11 Å². The van der Waals surface area contributed by atoms with Gasteiger partial charge in [0.1, 0.15) is 11.8 Å². The number of methoxy groups -OCH3 is 1. The molecular formula is C12H11NO4. The van der Waals surface area contributed by atoms with Gasteiger partial charge in [0.05, 0.1) is 7.11 Å². The van der Waals surface area contributed by atoms with E-state index in [4.69, 9.17) is 0 Å². The van der Waals surface area contributed by atoms with Crippen LogP contribution in [0.3, 0.4) is 0 Å². The number of hydrogen-bond acceptors (Lipinski definition) is 4. The molecule has 2 rings (SSSR count). The molecule has 0 saturated carbocycles. The van der Waals surface area contributed by atoms with Gasteiger partial charge >= 0.3 is 5.97 Å². The molecule has 1 aromatic carbocycles. The Morgan fingerprint density at radius 1 is 1.41 bits per heavy atom. The first kappa shape index (κ1) is 11.3. The van der Waals surface area contributed by atoms with Crippen molar-refractivity contribution in [3.63, 3.8) is 0 Å². The molecule has 1 heterocycles. The number of fused-ring (bicyclic) bond motifs is 1. The smallest absolute Gasteiger partial charge is 0.354 e. The number of esters is 1. The van der Waals surface area contributed by atoms with Gasteiger partial charge in [-0.05, 0) is 17.7 Å². The Balaban J connectivity index is 2.46. The fraction of sp³-hybridized carbons (Fsp3) is 0.167. The summed E-state index contributed by atoms with van der Waals surface area (Å²) in [7, 11) is 1.21. The van der Waals surface area contributed by atoms with Gasteiger partial charge in [0.2, 0.25) is 0 Å². The molecule has 88 valence electrons. The molecule has 0 fully saturated rings. The zero-order valence-corrected chi connectivity index (χ0v) is 9.14. The third kappa shape index (κ3) is 2.05. The van der Waals surface area contributed by atoms with Crippen molar-refractivity contribution < 1.29 is 19.4 Å². The summed E-state index contributed by atoms with van der Waals surface area (Å²) in [4.78, 5) is 23.2. The van der Waals surface area contributed by atoms with Crippen molar-refractivity contribution in [2.45, 2.75) is 6.10 Å². The standard InChI is InChI=1S/C12H11NO4/c1-17-12(16)9-6-10(14)7-4-2-3-5-8(7)11(15)13-9/h2-6,10,14H,1H3,(H,13,15). The summed E-state index contributed by atoms with van der Waals surface area (Å²) in [5.41, 5.74) is 0.750. The summed E-state index contributed by atoms with van der Waals surface area (Å²) in [6.45, 7) is 0. The Labute approximate surface area is 97.7 Å². The van der Waals surface area contributed by atoms with E-state index in [-0.39, 0.29) is 5.70 Å². The van der Waals surface area contributed by atoms with Gasteiger partial charge in [-0.2, -0.15) is 0 Å². The maximum Gasteiger partial charge on any atom is 0.354 e. The highest BCUT2D eigenvalue weighted by molar-refractivity contribution is 6.03. The van der Waals surface area contributed by atoms with Crippen molar-refractivity contribution in [1.82, 2.24) is 5.32 Å². The van der Waals surface area contributed by atoms with Crippen LogP contribution in [0.5, 0.6) is 0 Å². The fourth-order valence-corrected chi connectivity index (χ4v) is 1.67. The first-order valence-electron chi connectivity index (χ1n) is 5.02. The van der Waals surface area contributed by atoms with Crippen molar-refractivity contribution in [3.05, 3.63) is 47.2 Å². The van der Waals surface area contributed by atoms with Crippen LogP contribution in [0.25, 0.3) is 0 Å². The summed E-state index contributed by atoms with van der Waals surface area (Å²) in [5, 5.41) is 12.3. The maximum atomic E-state index is 11.8. The number of rotatable bonds is 1. The van der Waals surface area contributed by atoms with Crippen LogP contribution in [-0.2, 0) is 9.53 Å². The Kier molecular flexibility index (Phi) is 2.93. The van der Waals surface area contributed by atoms with Crippen LogP contribution < -0.4 is 5.32 Å². The molecule has 2 N–H and O–H groups in total. The number of nitrogens with one attached hydrogen (secondary N) is 1. The molecule has 0 spiro atoms. The zero-order chi connectivity index (χ0) is 12.4.